The van der Waals surface area contributed by atoms with Crippen molar-refractivity contribution < 1.29 is 24.2 Å². The summed E-state index contributed by atoms with van der Waals surface area (Å²) in [6.45, 7) is 1.79. The summed E-state index contributed by atoms with van der Waals surface area (Å²) < 4.78 is 4.34. The van der Waals surface area contributed by atoms with Gasteiger partial charge in [-0.3, -0.25) is 4.79 Å². The number of rotatable bonds is 6. The summed E-state index contributed by atoms with van der Waals surface area (Å²) in [5.74, 6) is -2.44. The van der Waals surface area contributed by atoms with Crippen molar-refractivity contribution in [2.24, 2.45) is 5.92 Å². The highest BCUT2D eigenvalue weighted by Gasteiger charge is 2.25. The first-order valence-electron chi connectivity index (χ1n) is 5.52. The number of nitrogens with one attached hydrogen (secondary N) is 1. The zero-order chi connectivity index (χ0) is 15.0. The van der Waals surface area contributed by atoms with Gasteiger partial charge in [0.05, 0.1) is 25.5 Å². The fourth-order valence-electron chi connectivity index (χ4n) is 1.24. The van der Waals surface area contributed by atoms with Gasteiger partial charge >= 0.3 is 18.0 Å². The zero-order valence-corrected chi connectivity index (χ0v) is 11.0. The van der Waals surface area contributed by atoms with E-state index in [4.69, 9.17) is 10.4 Å². The number of aliphatic carboxylic acids is 1. The number of methoxy groups -OCH3 is 1. The molecule has 0 aromatic heterocycles. The standard InChI is InChI=1S/C11H17N3O5/c1-7(5-12)6-14(2)11(18)13-8(10(16)17)4-9(15)19-3/h7-8H,4,6H2,1-3H3,(H,13,18)(H,16,17)/t7?,8-/m0/s1. The molecule has 0 rings (SSSR count). The summed E-state index contributed by atoms with van der Waals surface area (Å²) in [6, 6.07) is -0.0734. The molecule has 0 heterocycles. The van der Waals surface area contributed by atoms with E-state index in [2.05, 4.69) is 10.1 Å². The number of carboxylic acids is 1. The third kappa shape index (κ3) is 6.26. The highest BCUT2D eigenvalue weighted by molar-refractivity contribution is 5.86. The second kappa shape index (κ2) is 7.92. The SMILES string of the molecule is COC(=O)C[C@H](NC(=O)N(C)CC(C)C#N)C(=O)O. The van der Waals surface area contributed by atoms with Crippen LogP contribution in [0.1, 0.15) is 13.3 Å². The highest BCUT2D eigenvalue weighted by atomic mass is 16.5. The van der Waals surface area contributed by atoms with Crippen LogP contribution in [0.4, 0.5) is 4.79 Å². The third-order valence-electron chi connectivity index (χ3n) is 2.31. The van der Waals surface area contributed by atoms with Gasteiger partial charge in [-0.15, -0.1) is 0 Å². The maximum atomic E-state index is 11.7. The molecule has 8 heteroatoms. The number of carbonyl (C=O) groups excluding carboxylic acids is 2. The molecule has 0 saturated heterocycles. The van der Waals surface area contributed by atoms with Crippen LogP contribution in [-0.4, -0.2) is 54.7 Å². The molecule has 0 aromatic carbocycles. The Morgan fingerprint density at radius 1 is 1.47 bits per heavy atom. The van der Waals surface area contributed by atoms with Crippen LogP contribution in [0.2, 0.25) is 0 Å². The predicted octanol–water partition coefficient (Wildman–Crippen LogP) is -0.196. The van der Waals surface area contributed by atoms with Gasteiger partial charge in [-0.1, -0.05) is 0 Å². The van der Waals surface area contributed by atoms with Crippen LogP contribution in [0.15, 0.2) is 0 Å². The first-order valence-corrected chi connectivity index (χ1v) is 5.52. The van der Waals surface area contributed by atoms with Crippen molar-refractivity contribution in [3.05, 3.63) is 0 Å². The van der Waals surface area contributed by atoms with Gasteiger partial charge in [-0.05, 0) is 6.92 Å². The molecule has 0 saturated carbocycles. The van der Waals surface area contributed by atoms with E-state index >= 15 is 0 Å². The summed E-state index contributed by atoms with van der Waals surface area (Å²) in [6.07, 6.45) is -0.459. The summed E-state index contributed by atoms with van der Waals surface area (Å²) in [4.78, 5) is 34.8. The summed E-state index contributed by atoms with van der Waals surface area (Å²) >= 11 is 0. The number of urea groups is 1. The van der Waals surface area contributed by atoms with E-state index in [0.717, 1.165) is 7.11 Å². The van der Waals surface area contributed by atoms with Crippen LogP contribution < -0.4 is 5.32 Å². The van der Waals surface area contributed by atoms with E-state index in [-0.39, 0.29) is 12.5 Å². The summed E-state index contributed by atoms with van der Waals surface area (Å²) in [5, 5.41) is 19.7. The molecule has 0 radical (unpaired) electrons. The van der Waals surface area contributed by atoms with Gasteiger partial charge in [0.15, 0.2) is 0 Å². The lowest BCUT2D eigenvalue weighted by molar-refractivity contribution is -0.147. The second-order valence-corrected chi connectivity index (χ2v) is 4.03. The van der Waals surface area contributed by atoms with Crippen molar-refractivity contribution in [1.82, 2.24) is 10.2 Å². The van der Waals surface area contributed by atoms with Gasteiger partial charge in [0.1, 0.15) is 6.04 Å². The number of nitrogens with zero attached hydrogens (tertiary/aromatic N) is 2. The van der Waals surface area contributed by atoms with Gasteiger partial charge in [-0.25, -0.2) is 9.59 Å². The summed E-state index contributed by atoms with van der Waals surface area (Å²) in [5.41, 5.74) is 0. The Bertz CT molecular complexity index is 390. The smallest absolute Gasteiger partial charge is 0.326 e. The minimum absolute atomic E-state index is 0.160. The molecule has 0 aliphatic carbocycles. The molecule has 0 fully saturated rings. The van der Waals surface area contributed by atoms with Crippen LogP contribution in [-0.2, 0) is 14.3 Å². The number of esters is 1. The molecule has 0 spiro atoms. The van der Waals surface area contributed by atoms with E-state index in [1.807, 2.05) is 6.07 Å². The Hall–Kier alpha value is -2.30. The molecular formula is C11H17N3O5. The van der Waals surface area contributed by atoms with Gasteiger partial charge in [-0.2, -0.15) is 5.26 Å². The Morgan fingerprint density at radius 3 is 2.47 bits per heavy atom. The van der Waals surface area contributed by atoms with Crippen molar-refractivity contribution in [2.45, 2.75) is 19.4 Å². The lowest BCUT2D eigenvalue weighted by atomic mass is 10.2. The Kier molecular flexibility index (Phi) is 6.96. The molecule has 0 bridgehead atoms. The summed E-state index contributed by atoms with van der Waals surface area (Å²) in [7, 11) is 2.56. The normalized spacial score (nSPS) is 12.7. The first kappa shape index (κ1) is 16.7. The quantitative estimate of drug-likeness (QED) is 0.646. The fourth-order valence-corrected chi connectivity index (χ4v) is 1.24. The van der Waals surface area contributed by atoms with Crippen molar-refractivity contribution in [3.8, 4) is 6.07 Å². The van der Waals surface area contributed by atoms with Gasteiger partial charge in [0, 0.05) is 13.6 Å². The molecule has 2 N–H and O–H groups in total. The van der Waals surface area contributed by atoms with Crippen LogP contribution >= 0.6 is 0 Å². The Balaban J connectivity index is 4.51. The number of carboxylic acid groups (broad SMARTS) is 1. The van der Waals surface area contributed by atoms with Crippen molar-refractivity contribution in [3.63, 3.8) is 0 Å². The molecule has 1 unspecified atom stereocenters. The van der Waals surface area contributed by atoms with Crippen LogP contribution in [0.25, 0.3) is 0 Å². The predicted molar refractivity (Wildman–Crippen MR) is 64.0 cm³/mol. The second-order valence-electron chi connectivity index (χ2n) is 4.03. The molecular weight excluding hydrogens is 254 g/mol. The molecule has 0 aromatic rings. The van der Waals surface area contributed by atoms with Crippen molar-refractivity contribution in [2.75, 3.05) is 20.7 Å². The number of nitriles is 1. The van der Waals surface area contributed by atoms with E-state index in [9.17, 15) is 14.4 Å². The molecule has 19 heavy (non-hydrogen) atoms. The monoisotopic (exact) mass is 271 g/mol. The Labute approximate surface area is 110 Å². The van der Waals surface area contributed by atoms with Crippen molar-refractivity contribution in [1.29, 1.82) is 5.26 Å². The number of ether oxygens (including phenoxy) is 1. The van der Waals surface area contributed by atoms with E-state index < -0.39 is 30.4 Å². The molecule has 0 aliphatic heterocycles. The minimum Gasteiger partial charge on any atom is -0.480 e. The lowest BCUT2D eigenvalue weighted by Crippen LogP contribution is -2.48. The zero-order valence-electron chi connectivity index (χ0n) is 11.0. The molecule has 8 nitrogen and oxygen atoms in total. The fraction of sp³-hybridized carbons (Fsp3) is 0.636. The third-order valence-corrected chi connectivity index (χ3v) is 2.31. The molecule has 2 atom stereocenters. The number of hydrogen-bond donors (Lipinski definition) is 2. The molecule has 2 amide bonds. The largest absolute Gasteiger partial charge is 0.480 e. The van der Waals surface area contributed by atoms with Crippen LogP contribution in [0, 0.1) is 17.2 Å². The topological polar surface area (TPSA) is 120 Å². The van der Waals surface area contributed by atoms with E-state index in [1.165, 1.54) is 11.9 Å². The number of carbonyl (C=O) groups is 3. The van der Waals surface area contributed by atoms with E-state index in [0.29, 0.717) is 0 Å². The average Bonchev–Trinajstić information content (AvgIpc) is 2.36. The maximum absolute atomic E-state index is 11.7. The average molecular weight is 271 g/mol. The number of hydrogen-bond acceptors (Lipinski definition) is 5. The van der Waals surface area contributed by atoms with Crippen LogP contribution in [0.5, 0.6) is 0 Å². The maximum Gasteiger partial charge on any atom is 0.326 e. The molecule has 106 valence electrons. The van der Waals surface area contributed by atoms with Gasteiger partial charge < -0.3 is 20.1 Å². The lowest BCUT2D eigenvalue weighted by Gasteiger charge is -2.21. The highest BCUT2D eigenvalue weighted by Crippen LogP contribution is 2.00. The first-order chi connectivity index (χ1) is 8.81. The molecule has 0 aliphatic rings. The Morgan fingerprint density at radius 2 is 2.05 bits per heavy atom. The van der Waals surface area contributed by atoms with Crippen LogP contribution in [0.3, 0.4) is 0 Å². The minimum atomic E-state index is -1.36. The number of amides is 2. The van der Waals surface area contributed by atoms with Crippen molar-refractivity contribution >= 4 is 18.0 Å². The van der Waals surface area contributed by atoms with E-state index in [1.54, 1.807) is 6.92 Å². The van der Waals surface area contributed by atoms with Gasteiger partial charge in [0.25, 0.3) is 0 Å². The van der Waals surface area contributed by atoms with Gasteiger partial charge in [0.2, 0.25) is 0 Å².